The van der Waals surface area contributed by atoms with Crippen LogP contribution in [0.2, 0.25) is 0 Å². The third-order valence-corrected chi connectivity index (χ3v) is 5.37. The van der Waals surface area contributed by atoms with Gasteiger partial charge in [-0.15, -0.1) is 4.33 Å². The Morgan fingerprint density at radius 3 is 2.41 bits per heavy atom. The van der Waals surface area contributed by atoms with Crippen LogP contribution in [0.1, 0.15) is 37.3 Å². The van der Waals surface area contributed by atoms with Gasteiger partial charge >= 0.3 is 10.1 Å². The number of rotatable bonds is 11. The zero-order valence-electron chi connectivity index (χ0n) is 15.9. The summed E-state index contributed by atoms with van der Waals surface area (Å²) in [5, 5.41) is 0. The van der Waals surface area contributed by atoms with E-state index in [1.807, 2.05) is 24.3 Å². The predicted octanol–water partition coefficient (Wildman–Crippen LogP) is 4.06. The summed E-state index contributed by atoms with van der Waals surface area (Å²) in [6.07, 6.45) is 1.42. The summed E-state index contributed by atoms with van der Waals surface area (Å²) in [5.41, 5.74) is 1.96. The van der Waals surface area contributed by atoms with E-state index in [9.17, 15) is 8.42 Å². The van der Waals surface area contributed by atoms with E-state index in [1.165, 1.54) is 12.1 Å². The predicted molar refractivity (Wildman–Crippen MR) is 102 cm³/mol. The van der Waals surface area contributed by atoms with E-state index in [1.54, 1.807) is 19.2 Å². The van der Waals surface area contributed by atoms with Crippen molar-refractivity contribution in [3.63, 3.8) is 0 Å². The largest absolute Gasteiger partial charge is 0.467 e. The molecule has 0 radical (unpaired) electrons. The first-order chi connectivity index (χ1) is 13.0. The van der Waals surface area contributed by atoms with Gasteiger partial charge < -0.3 is 9.47 Å². The van der Waals surface area contributed by atoms with Gasteiger partial charge in [-0.1, -0.05) is 44.2 Å². The van der Waals surface area contributed by atoms with Gasteiger partial charge in [0.1, 0.15) is 5.75 Å². The van der Waals surface area contributed by atoms with Gasteiger partial charge in [0.05, 0.1) is 11.5 Å². The first-order valence-corrected chi connectivity index (χ1v) is 10.2. The second-order valence-electron chi connectivity index (χ2n) is 6.13. The first-order valence-electron chi connectivity index (χ1n) is 8.83. The Kier molecular flexibility index (Phi) is 8.24. The Labute approximate surface area is 161 Å². The van der Waals surface area contributed by atoms with Gasteiger partial charge in [0, 0.05) is 13.5 Å². The molecule has 6 nitrogen and oxygen atoms in total. The molecule has 0 saturated heterocycles. The van der Waals surface area contributed by atoms with Crippen LogP contribution in [0.4, 0.5) is 0 Å². The maximum Gasteiger partial charge on any atom is 0.323 e. The van der Waals surface area contributed by atoms with Gasteiger partial charge in [0.15, 0.2) is 6.79 Å². The molecule has 0 saturated carbocycles. The van der Waals surface area contributed by atoms with Crippen LogP contribution in [0.5, 0.6) is 5.75 Å². The molecule has 7 heteroatoms. The topological polar surface area (TPSA) is 71.1 Å². The highest BCUT2D eigenvalue weighted by molar-refractivity contribution is 7.86. The second kappa shape index (κ2) is 10.4. The molecule has 0 aliphatic carbocycles. The van der Waals surface area contributed by atoms with Crippen LogP contribution >= 0.6 is 0 Å². The fourth-order valence-electron chi connectivity index (χ4n) is 2.46. The molecular weight excluding hydrogens is 368 g/mol. The molecule has 27 heavy (non-hydrogen) atoms. The van der Waals surface area contributed by atoms with Crippen molar-refractivity contribution in [3.05, 3.63) is 59.7 Å². The zero-order chi connectivity index (χ0) is 19.7. The van der Waals surface area contributed by atoms with Gasteiger partial charge in [0.25, 0.3) is 0 Å². The van der Waals surface area contributed by atoms with Crippen LogP contribution in [0.3, 0.4) is 0 Å². The van der Waals surface area contributed by atoms with Crippen LogP contribution in [0.25, 0.3) is 0 Å². The summed E-state index contributed by atoms with van der Waals surface area (Å²) in [7, 11) is -2.42. The van der Waals surface area contributed by atoms with E-state index in [-0.39, 0.29) is 18.3 Å². The maximum absolute atomic E-state index is 12.2. The summed E-state index contributed by atoms with van der Waals surface area (Å²) in [6.45, 7) is 4.38. The maximum atomic E-state index is 12.2. The van der Waals surface area contributed by atoms with Crippen LogP contribution in [0, 0.1) is 0 Å². The smallest absolute Gasteiger partial charge is 0.323 e. The zero-order valence-corrected chi connectivity index (χ0v) is 16.7. The number of benzene rings is 2. The van der Waals surface area contributed by atoms with E-state index in [0.29, 0.717) is 18.1 Å². The highest BCUT2D eigenvalue weighted by atomic mass is 32.2. The molecule has 0 heterocycles. The lowest BCUT2D eigenvalue weighted by Gasteiger charge is -2.11. The molecule has 2 rings (SSSR count). The highest BCUT2D eigenvalue weighted by Gasteiger charge is 2.17. The van der Waals surface area contributed by atoms with Crippen molar-refractivity contribution in [2.24, 2.45) is 0 Å². The lowest BCUT2D eigenvalue weighted by Crippen LogP contribution is -2.10. The number of hydrogen-bond donors (Lipinski definition) is 0. The van der Waals surface area contributed by atoms with Crippen LogP contribution < -0.4 is 4.74 Å². The lowest BCUT2D eigenvalue weighted by atomic mass is 9.99. The molecule has 0 aromatic heterocycles. The van der Waals surface area contributed by atoms with Crippen molar-refractivity contribution in [2.45, 2.75) is 37.5 Å². The molecule has 1 atom stereocenters. The van der Waals surface area contributed by atoms with Gasteiger partial charge in [-0.05, 0) is 41.7 Å². The van der Waals surface area contributed by atoms with E-state index in [4.69, 9.17) is 18.7 Å². The van der Waals surface area contributed by atoms with Gasteiger partial charge in [-0.25, -0.2) is 4.89 Å². The summed E-state index contributed by atoms with van der Waals surface area (Å²) in [4.78, 5) is 5.01. The molecule has 0 N–H and O–H groups in total. The molecule has 2 aromatic rings. The minimum Gasteiger partial charge on any atom is -0.467 e. The molecule has 0 aliphatic heterocycles. The van der Waals surface area contributed by atoms with Crippen molar-refractivity contribution in [3.8, 4) is 5.75 Å². The Hall–Kier alpha value is -1.93. The number of hydrogen-bond acceptors (Lipinski definition) is 6. The van der Waals surface area contributed by atoms with E-state index < -0.39 is 10.1 Å². The standard InChI is InChI=1S/C20H26O6S/c1-4-16(2)17-9-11-19(12-10-17)27(21,22)26-25-14-13-18-7-5-6-8-20(18)24-15-23-3/h5-12,16H,4,13-15H2,1-3H3. The van der Waals surface area contributed by atoms with Crippen molar-refractivity contribution in [1.29, 1.82) is 0 Å². The molecule has 1 unspecified atom stereocenters. The average molecular weight is 394 g/mol. The monoisotopic (exact) mass is 394 g/mol. The normalized spacial score (nSPS) is 12.7. The molecule has 0 bridgehead atoms. The van der Waals surface area contributed by atoms with Crippen LogP contribution in [0.15, 0.2) is 53.4 Å². The number of para-hydroxylation sites is 1. The van der Waals surface area contributed by atoms with E-state index in [2.05, 4.69) is 13.8 Å². The Morgan fingerprint density at radius 2 is 1.74 bits per heavy atom. The fourth-order valence-corrected chi connectivity index (χ4v) is 3.20. The molecule has 0 spiro atoms. The van der Waals surface area contributed by atoms with Gasteiger partial charge in [0.2, 0.25) is 0 Å². The van der Waals surface area contributed by atoms with E-state index >= 15 is 0 Å². The third kappa shape index (κ3) is 6.32. The lowest BCUT2D eigenvalue weighted by molar-refractivity contribution is -0.200. The number of methoxy groups -OCH3 is 1. The SMILES string of the molecule is CCC(C)c1ccc(S(=O)(=O)OOCCc2ccccc2OCOC)cc1. The Morgan fingerprint density at radius 1 is 1.04 bits per heavy atom. The number of ether oxygens (including phenoxy) is 2. The van der Waals surface area contributed by atoms with Crippen molar-refractivity contribution in [1.82, 2.24) is 0 Å². The second-order valence-corrected chi connectivity index (χ2v) is 7.65. The minimum absolute atomic E-state index is 0.0670. The summed E-state index contributed by atoms with van der Waals surface area (Å²) in [6, 6.07) is 14.1. The Balaban J connectivity index is 1.89. The van der Waals surface area contributed by atoms with Crippen molar-refractivity contribution in [2.75, 3.05) is 20.5 Å². The molecule has 0 aliphatic rings. The fraction of sp³-hybridized carbons (Fsp3) is 0.400. The third-order valence-electron chi connectivity index (χ3n) is 4.25. The summed E-state index contributed by atoms with van der Waals surface area (Å²) < 4.78 is 39.5. The van der Waals surface area contributed by atoms with Gasteiger partial charge in [-0.3, -0.25) is 0 Å². The first kappa shape index (κ1) is 21.4. The molecular formula is C20H26O6S. The molecule has 2 aromatic carbocycles. The highest BCUT2D eigenvalue weighted by Crippen LogP contribution is 2.22. The molecule has 0 amide bonds. The van der Waals surface area contributed by atoms with Crippen LogP contribution in [-0.2, 0) is 30.5 Å². The Bertz CT molecular complexity index is 801. The summed E-state index contributed by atoms with van der Waals surface area (Å²) >= 11 is 0. The molecule has 0 fully saturated rings. The minimum atomic E-state index is -3.96. The average Bonchev–Trinajstić information content (AvgIpc) is 2.70. The summed E-state index contributed by atoms with van der Waals surface area (Å²) in [5.74, 6) is 1.03. The van der Waals surface area contributed by atoms with Crippen LogP contribution in [-0.4, -0.2) is 28.9 Å². The molecule has 148 valence electrons. The van der Waals surface area contributed by atoms with Crippen molar-refractivity contribution >= 4 is 10.1 Å². The van der Waals surface area contributed by atoms with E-state index in [0.717, 1.165) is 17.5 Å². The van der Waals surface area contributed by atoms with Gasteiger partial charge in [-0.2, -0.15) is 8.42 Å². The quantitative estimate of drug-likeness (QED) is 0.248. The van der Waals surface area contributed by atoms with Crippen molar-refractivity contribution < 1.29 is 27.1 Å².